The lowest BCUT2D eigenvalue weighted by Crippen LogP contribution is -2.22. The van der Waals surface area contributed by atoms with Crippen LogP contribution in [-0.2, 0) is 19.4 Å². The summed E-state index contributed by atoms with van der Waals surface area (Å²) in [6, 6.07) is 5.70. The van der Waals surface area contributed by atoms with Crippen LogP contribution in [0.3, 0.4) is 0 Å². The monoisotopic (exact) mass is 518 g/mol. The standard InChI is InChI=1S/C33H42O5/c1-20(2)9-8-10-22(5)12-15-27-26(16-13-23(6)33(27)37-7)29-18-28(35)31-30(38-29)17-24(19-34)25(32(31)36)14-11-21(3)4/h9,11-13,16-17,29,34,36H,8,10,14-15,18-19H2,1-7H3/b22-12+/t29-/m0/s1. The minimum Gasteiger partial charge on any atom is -0.507 e. The van der Waals surface area contributed by atoms with Gasteiger partial charge in [0, 0.05) is 11.1 Å². The van der Waals surface area contributed by atoms with Crippen molar-refractivity contribution < 1.29 is 24.5 Å². The fourth-order valence-corrected chi connectivity index (χ4v) is 4.94. The summed E-state index contributed by atoms with van der Waals surface area (Å²) in [5.41, 5.74) is 7.96. The minimum absolute atomic E-state index is 0.0934. The van der Waals surface area contributed by atoms with E-state index in [0.29, 0.717) is 29.7 Å². The molecule has 2 aromatic carbocycles. The Kier molecular flexibility index (Phi) is 9.98. The normalized spacial score (nSPS) is 15.0. The number of ether oxygens (including phenoxy) is 2. The molecule has 0 fully saturated rings. The van der Waals surface area contributed by atoms with Crippen LogP contribution < -0.4 is 9.47 Å². The molecule has 1 aliphatic heterocycles. The Morgan fingerprint density at radius 3 is 2.37 bits per heavy atom. The Hall–Kier alpha value is -3.31. The second kappa shape index (κ2) is 13.0. The van der Waals surface area contributed by atoms with Crippen molar-refractivity contribution in [1.29, 1.82) is 0 Å². The van der Waals surface area contributed by atoms with E-state index >= 15 is 0 Å². The van der Waals surface area contributed by atoms with Crippen molar-refractivity contribution >= 4 is 5.78 Å². The topological polar surface area (TPSA) is 76.0 Å². The fraction of sp³-hybridized carbons (Fsp3) is 0.424. The van der Waals surface area contributed by atoms with Crippen LogP contribution in [0, 0.1) is 6.92 Å². The molecule has 204 valence electrons. The number of rotatable bonds is 10. The van der Waals surface area contributed by atoms with E-state index in [1.165, 1.54) is 11.1 Å². The Bertz CT molecular complexity index is 1270. The molecule has 1 aliphatic rings. The van der Waals surface area contributed by atoms with Crippen molar-refractivity contribution in [3.05, 3.63) is 86.5 Å². The van der Waals surface area contributed by atoms with E-state index < -0.39 is 6.10 Å². The van der Waals surface area contributed by atoms with Gasteiger partial charge in [-0.15, -0.1) is 0 Å². The van der Waals surface area contributed by atoms with E-state index in [9.17, 15) is 15.0 Å². The van der Waals surface area contributed by atoms with Gasteiger partial charge in [-0.3, -0.25) is 4.79 Å². The van der Waals surface area contributed by atoms with Crippen molar-refractivity contribution in [3.8, 4) is 17.2 Å². The van der Waals surface area contributed by atoms with Gasteiger partial charge in [-0.1, -0.05) is 47.1 Å². The predicted octanol–water partition coefficient (Wildman–Crippen LogP) is 7.65. The van der Waals surface area contributed by atoms with Crippen molar-refractivity contribution in [2.75, 3.05) is 7.11 Å². The number of hydrogen-bond acceptors (Lipinski definition) is 5. The maximum absolute atomic E-state index is 13.4. The Morgan fingerprint density at radius 2 is 1.74 bits per heavy atom. The zero-order chi connectivity index (χ0) is 28.0. The molecule has 0 aromatic heterocycles. The lowest BCUT2D eigenvalue weighted by atomic mass is 9.88. The number of methoxy groups -OCH3 is 1. The molecule has 1 atom stereocenters. The van der Waals surface area contributed by atoms with Gasteiger partial charge >= 0.3 is 0 Å². The number of phenols is 1. The molecule has 0 amide bonds. The molecule has 2 aromatic rings. The zero-order valence-electron chi connectivity index (χ0n) is 23.9. The highest BCUT2D eigenvalue weighted by Gasteiger charge is 2.34. The van der Waals surface area contributed by atoms with Crippen molar-refractivity contribution in [2.24, 2.45) is 0 Å². The van der Waals surface area contributed by atoms with Gasteiger partial charge in [0.15, 0.2) is 5.78 Å². The average Bonchev–Trinajstić information content (AvgIpc) is 2.85. The van der Waals surface area contributed by atoms with Gasteiger partial charge in [0.25, 0.3) is 0 Å². The van der Waals surface area contributed by atoms with Gasteiger partial charge in [-0.25, -0.2) is 0 Å². The lowest BCUT2D eigenvalue weighted by Gasteiger charge is -2.29. The third-order valence-electron chi connectivity index (χ3n) is 7.06. The molecule has 2 N–H and O–H groups in total. The quantitative estimate of drug-likeness (QED) is 0.316. The van der Waals surface area contributed by atoms with E-state index in [2.05, 4.69) is 32.9 Å². The van der Waals surface area contributed by atoms with E-state index in [1.54, 1.807) is 13.2 Å². The molecular weight excluding hydrogens is 476 g/mol. The van der Waals surface area contributed by atoms with Gasteiger partial charge in [-0.2, -0.15) is 0 Å². The summed E-state index contributed by atoms with van der Waals surface area (Å²) in [7, 11) is 1.67. The summed E-state index contributed by atoms with van der Waals surface area (Å²) in [5, 5.41) is 21.1. The third kappa shape index (κ3) is 6.76. The highest BCUT2D eigenvalue weighted by atomic mass is 16.5. The van der Waals surface area contributed by atoms with Crippen molar-refractivity contribution in [3.63, 3.8) is 0 Å². The molecule has 0 saturated carbocycles. The summed E-state index contributed by atoms with van der Waals surface area (Å²) < 4.78 is 12.2. The third-order valence-corrected chi connectivity index (χ3v) is 7.06. The average molecular weight is 519 g/mol. The SMILES string of the molecule is COc1c(C)ccc([C@@H]2CC(=O)c3c(cc(CO)c(CC=C(C)C)c3O)O2)c1C/C=C(\C)CCC=C(C)C. The number of hydrogen-bond donors (Lipinski definition) is 2. The number of aromatic hydroxyl groups is 1. The lowest BCUT2D eigenvalue weighted by molar-refractivity contribution is 0.0843. The second-order valence-electron chi connectivity index (χ2n) is 10.7. The minimum atomic E-state index is -0.520. The van der Waals surface area contributed by atoms with Crippen LogP contribution in [0.2, 0.25) is 0 Å². The number of aliphatic hydroxyl groups excluding tert-OH is 1. The number of carbonyl (C=O) groups excluding carboxylic acids is 1. The van der Waals surface area contributed by atoms with Crippen LogP contribution in [0.1, 0.15) is 98.2 Å². The molecule has 3 rings (SSSR count). The Morgan fingerprint density at radius 1 is 1.05 bits per heavy atom. The number of phenolic OH excluding ortho intramolecular Hbond substituents is 1. The highest BCUT2D eigenvalue weighted by Crippen LogP contribution is 2.44. The van der Waals surface area contributed by atoms with Gasteiger partial charge in [0.1, 0.15) is 28.9 Å². The van der Waals surface area contributed by atoms with Crippen LogP contribution in [-0.4, -0.2) is 23.1 Å². The van der Waals surface area contributed by atoms with E-state index in [0.717, 1.165) is 40.9 Å². The van der Waals surface area contributed by atoms with Gasteiger partial charge in [-0.05, 0) is 90.0 Å². The number of benzene rings is 2. The molecule has 0 radical (unpaired) electrons. The number of aliphatic hydroxyl groups is 1. The summed E-state index contributed by atoms with van der Waals surface area (Å²) in [4.78, 5) is 13.4. The number of fused-ring (bicyclic) bond motifs is 1. The summed E-state index contributed by atoms with van der Waals surface area (Å²) in [6.07, 6.45) is 9.13. The maximum Gasteiger partial charge on any atom is 0.174 e. The first-order chi connectivity index (χ1) is 18.1. The first-order valence-electron chi connectivity index (χ1n) is 13.3. The van der Waals surface area contributed by atoms with Gasteiger partial charge < -0.3 is 19.7 Å². The molecule has 0 unspecified atom stereocenters. The number of aryl methyl sites for hydroxylation is 1. The van der Waals surface area contributed by atoms with Crippen LogP contribution >= 0.6 is 0 Å². The number of allylic oxidation sites excluding steroid dienone is 6. The molecule has 0 aliphatic carbocycles. The second-order valence-corrected chi connectivity index (χ2v) is 10.7. The zero-order valence-corrected chi connectivity index (χ0v) is 23.9. The van der Waals surface area contributed by atoms with Crippen LogP contribution in [0.25, 0.3) is 0 Å². The maximum atomic E-state index is 13.4. The summed E-state index contributed by atoms with van der Waals surface area (Å²) in [5.74, 6) is 0.848. The molecule has 1 heterocycles. The smallest absolute Gasteiger partial charge is 0.174 e. The van der Waals surface area contributed by atoms with E-state index in [4.69, 9.17) is 9.47 Å². The first kappa shape index (κ1) is 29.2. The van der Waals surface area contributed by atoms with Crippen molar-refractivity contribution in [2.45, 2.75) is 86.4 Å². The van der Waals surface area contributed by atoms with Gasteiger partial charge in [0.2, 0.25) is 0 Å². The molecule has 38 heavy (non-hydrogen) atoms. The Labute approximate surface area is 227 Å². The van der Waals surface area contributed by atoms with Crippen LogP contribution in [0.15, 0.2) is 53.1 Å². The number of Topliss-reactive ketones (excluding diaryl/α,β-unsaturated/α-hetero) is 1. The summed E-state index contributed by atoms with van der Waals surface area (Å²) in [6.45, 7) is 12.1. The Balaban J connectivity index is 2.00. The number of carbonyl (C=O) groups is 1. The fourth-order valence-electron chi connectivity index (χ4n) is 4.94. The molecule has 0 saturated heterocycles. The first-order valence-corrected chi connectivity index (χ1v) is 13.3. The summed E-state index contributed by atoms with van der Waals surface area (Å²) >= 11 is 0. The molecular formula is C33H42O5. The van der Waals surface area contributed by atoms with Crippen molar-refractivity contribution in [1.82, 2.24) is 0 Å². The molecule has 0 bridgehead atoms. The molecule has 5 nitrogen and oxygen atoms in total. The molecule has 5 heteroatoms. The van der Waals surface area contributed by atoms with Crippen LogP contribution in [0.5, 0.6) is 17.2 Å². The van der Waals surface area contributed by atoms with E-state index in [-0.39, 0.29) is 30.1 Å². The number of ketones is 1. The van der Waals surface area contributed by atoms with Crippen LogP contribution in [0.4, 0.5) is 0 Å². The van der Waals surface area contributed by atoms with E-state index in [1.807, 2.05) is 39.0 Å². The predicted molar refractivity (Wildman–Crippen MR) is 153 cm³/mol. The van der Waals surface area contributed by atoms with Gasteiger partial charge in [0.05, 0.1) is 20.1 Å². The largest absolute Gasteiger partial charge is 0.507 e. The molecule has 0 spiro atoms. The highest BCUT2D eigenvalue weighted by molar-refractivity contribution is 6.03.